The first-order valence-corrected chi connectivity index (χ1v) is 7.09. The smallest absolute Gasteiger partial charge is 0.408 e. The van der Waals surface area contributed by atoms with Crippen molar-refractivity contribution >= 4 is 11.1 Å². The van der Waals surface area contributed by atoms with Crippen LogP contribution in [0, 0.1) is 25.2 Å². The van der Waals surface area contributed by atoms with Crippen molar-refractivity contribution < 1.29 is 4.42 Å². The Morgan fingerprint density at radius 1 is 1.22 bits per heavy atom. The number of oxazole rings is 1. The Balaban J connectivity index is 2.00. The fourth-order valence-electron chi connectivity index (χ4n) is 2.48. The molecular weight excluding hydrogens is 296 g/mol. The molecule has 0 atom stereocenters. The standard InChI is InChI=1S/C16H14N4O3/c1-10-11(2)18-20(15(21)12(10)9-17)8-7-19-13-5-3-4-6-14(13)23-16(19)22/h3-6H,7-8H2,1-2H3. The molecule has 0 aliphatic carbocycles. The maximum absolute atomic E-state index is 12.2. The van der Waals surface area contributed by atoms with Gasteiger partial charge in [0.15, 0.2) is 5.58 Å². The molecule has 7 heteroatoms. The van der Waals surface area contributed by atoms with E-state index in [0.717, 1.165) is 0 Å². The highest BCUT2D eigenvalue weighted by Crippen LogP contribution is 2.11. The van der Waals surface area contributed by atoms with Crippen LogP contribution in [-0.4, -0.2) is 14.3 Å². The third-order valence-corrected chi connectivity index (χ3v) is 3.86. The van der Waals surface area contributed by atoms with E-state index in [-0.39, 0.29) is 18.7 Å². The van der Waals surface area contributed by atoms with Crippen LogP contribution in [0.5, 0.6) is 0 Å². The fourth-order valence-corrected chi connectivity index (χ4v) is 2.48. The summed E-state index contributed by atoms with van der Waals surface area (Å²) >= 11 is 0. The molecule has 7 nitrogen and oxygen atoms in total. The third-order valence-electron chi connectivity index (χ3n) is 3.86. The molecule has 1 aromatic carbocycles. The molecule has 0 bridgehead atoms. The quantitative estimate of drug-likeness (QED) is 0.727. The first-order chi connectivity index (χ1) is 11.0. The summed E-state index contributed by atoms with van der Waals surface area (Å²) in [4.78, 5) is 24.2. The van der Waals surface area contributed by atoms with E-state index in [9.17, 15) is 9.59 Å². The molecule has 0 aliphatic rings. The first-order valence-electron chi connectivity index (χ1n) is 7.09. The van der Waals surface area contributed by atoms with E-state index in [1.54, 1.807) is 32.0 Å². The van der Waals surface area contributed by atoms with E-state index in [2.05, 4.69) is 5.10 Å². The van der Waals surface area contributed by atoms with Crippen LogP contribution in [0.3, 0.4) is 0 Å². The van der Waals surface area contributed by atoms with Crippen molar-refractivity contribution in [3.05, 3.63) is 62.0 Å². The lowest BCUT2D eigenvalue weighted by Crippen LogP contribution is -2.30. The molecule has 0 radical (unpaired) electrons. The van der Waals surface area contributed by atoms with Crippen molar-refractivity contribution in [1.29, 1.82) is 5.26 Å². The van der Waals surface area contributed by atoms with Crippen LogP contribution >= 0.6 is 0 Å². The van der Waals surface area contributed by atoms with Crippen molar-refractivity contribution in [2.45, 2.75) is 26.9 Å². The van der Waals surface area contributed by atoms with Gasteiger partial charge < -0.3 is 4.42 Å². The van der Waals surface area contributed by atoms with E-state index < -0.39 is 11.3 Å². The molecule has 2 aromatic heterocycles. The normalized spacial score (nSPS) is 10.8. The van der Waals surface area contributed by atoms with E-state index in [1.807, 2.05) is 12.1 Å². The predicted octanol–water partition coefficient (Wildman–Crippen LogP) is 1.34. The minimum absolute atomic E-state index is 0.0851. The van der Waals surface area contributed by atoms with Crippen LogP contribution in [0.25, 0.3) is 11.1 Å². The summed E-state index contributed by atoms with van der Waals surface area (Å²) in [6.07, 6.45) is 0. The summed E-state index contributed by atoms with van der Waals surface area (Å²) < 4.78 is 7.82. The minimum Gasteiger partial charge on any atom is -0.408 e. The molecule has 3 aromatic rings. The van der Waals surface area contributed by atoms with Gasteiger partial charge in [-0.05, 0) is 31.5 Å². The lowest BCUT2D eigenvalue weighted by atomic mass is 10.1. The van der Waals surface area contributed by atoms with Crippen LogP contribution in [0.4, 0.5) is 0 Å². The second kappa shape index (κ2) is 5.57. The first kappa shape index (κ1) is 14.8. The average Bonchev–Trinajstić information content (AvgIpc) is 2.86. The van der Waals surface area contributed by atoms with Gasteiger partial charge in [0, 0.05) is 6.54 Å². The zero-order chi connectivity index (χ0) is 16.6. The minimum atomic E-state index is -0.483. The number of fused-ring (bicyclic) bond motifs is 1. The van der Waals surface area contributed by atoms with Crippen LogP contribution < -0.4 is 11.3 Å². The lowest BCUT2D eigenvalue weighted by molar-refractivity contribution is 0.459. The molecule has 0 fully saturated rings. The van der Waals surface area contributed by atoms with Crippen molar-refractivity contribution in [3.8, 4) is 6.07 Å². The Morgan fingerprint density at radius 3 is 2.70 bits per heavy atom. The van der Waals surface area contributed by atoms with Gasteiger partial charge in [-0.25, -0.2) is 9.48 Å². The SMILES string of the molecule is Cc1nn(CCn2c(=O)oc3ccccc32)c(=O)c(C#N)c1C. The lowest BCUT2D eigenvalue weighted by Gasteiger charge is -2.09. The van der Waals surface area contributed by atoms with Gasteiger partial charge in [-0.15, -0.1) is 0 Å². The zero-order valence-electron chi connectivity index (χ0n) is 12.7. The molecule has 0 spiro atoms. The fraction of sp³-hybridized carbons (Fsp3) is 0.250. The Hall–Kier alpha value is -3.14. The Bertz CT molecular complexity index is 1050. The Labute approximate surface area is 131 Å². The molecule has 0 saturated heterocycles. The van der Waals surface area contributed by atoms with Gasteiger partial charge in [0.05, 0.1) is 17.8 Å². The predicted molar refractivity (Wildman–Crippen MR) is 83.2 cm³/mol. The number of aromatic nitrogens is 3. The van der Waals surface area contributed by atoms with Crippen LogP contribution in [0.2, 0.25) is 0 Å². The molecule has 23 heavy (non-hydrogen) atoms. The number of para-hydroxylation sites is 2. The number of nitriles is 1. The number of hydrogen-bond acceptors (Lipinski definition) is 5. The van der Waals surface area contributed by atoms with Crippen molar-refractivity contribution in [2.24, 2.45) is 0 Å². The zero-order valence-corrected chi connectivity index (χ0v) is 12.7. The van der Waals surface area contributed by atoms with Gasteiger partial charge in [0.25, 0.3) is 5.56 Å². The highest BCUT2D eigenvalue weighted by atomic mass is 16.4. The molecule has 0 unspecified atom stereocenters. The molecule has 0 N–H and O–H groups in total. The number of rotatable bonds is 3. The largest absolute Gasteiger partial charge is 0.420 e. The number of hydrogen-bond donors (Lipinski definition) is 0. The third kappa shape index (κ3) is 2.44. The van der Waals surface area contributed by atoms with Gasteiger partial charge in [0.1, 0.15) is 11.6 Å². The van der Waals surface area contributed by atoms with Crippen LogP contribution in [-0.2, 0) is 13.1 Å². The summed E-state index contributed by atoms with van der Waals surface area (Å²) in [5.74, 6) is -0.483. The molecular formula is C16H14N4O3. The molecule has 116 valence electrons. The summed E-state index contributed by atoms with van der Waals surface area (Å²) in [5.41, 5.74) is 1.99. The summed E-state index contributed by atoms with van der Waals surface area (Å²) in [6.45, 7) is 3.85. The highest BCUT2D eigenvalue weighted by Gasteiger charge is 2.13. The van der Waals surface area contributed by atoms with Crippen LogP contribution in [0.15, 0.2) is 38.3 Å². The van der Waals surface area contributed by atoms with E-state index in [4.69, 9.17) is 9.68 Å². The molecule has 0 aliphatic heterocycles. The van der Waals surface area contributed by atoms with Crippen molar-refractivity contribution in [3.63, 3.8) is 0 Å². The maximum Gasteiger partial charge on any atom is 0.420 e. The van der Waals surface area contributed by atoms with Crippen molar-refractivity contribution in [1.82, 2.24) is 14.3 Å². The van der Waals surface area contributed by atoms with Gasteiger partial charge >= 0.3 is 5.76 Å². The van der Waals surface area contributed by atoms with Gasteiger partial charge in [0.2, 0.25) is 0 Å². The maximum atomic E-state index is 12.2. The summed E-state index contributed by atoms with van der Waals surface area (Å²) in [5, 5.41) is 13.3. The Kier molecular flexibility index (Phi) is 3.58. The highest BCUT2D eigenvalue weighted by molar-refractivity contribution is 5.72. The monoisotopic (exact) mass is 310 g/mol. The average molecular weight is 310 g/mol. The molecule has 0 saturated carbocycles. The van der Waals surface area contributed by atoms with Crippen molar-refractivity contribution in [2.75, 3.05) is 0 Å². The summed E-state index contributed by atoms with van der Waals surface area (Å²) in [7, 11) is 0. The van der Waals surface area contributed by atoms with Crippen LogP contribution in [0.1, 0.15) is 16.8 Å². The van der Waals surface area contributed by atoms with E-state index >= 15 is 0 Å². The molecule has 0 amide bonds. The number of benzene rings is 1. The number of aryl methyl sites for hydroxylation is 3. The second-order valence-electron chi connectivity index (χ2n) is 5.21. The van der Waals surface area contributed by atoms with Gasteiger partial charge in [-0.3, -0.25) is 9.36 Å². The van der Waals surface area contributed by atoms with Gasteiger partial charge in [-0.1, -0.05) is 12.1 Å². The summed E-state index contributed by atoms with van der Waals surface area (Å²) in [6, 6.07) is 8.99. The van der Waals surface area contributed by atoms with E-state index in [0.29, 0.717) is 22.4 Å². The second-order valence-corrected chi connectivity index (χ2v) is 5.21. The van der Waals surface area contributed by atoms with Gasteiger partial charge in [-0.2, -0.15) is 10.4 Å². The molecule has 3 rings (SSSR count). The Morgan fingerprint density at radius 2 is 1.96 bits per heavy atom. The topological polar surface area (TPSA) is 93.8 Å². The van der Waals surface area contributed by atoms with E-state index in [1.165, 1.54) is 9.25 Å². The molecule has 2 heterocycles. The number of nitrogens with zero attached hydrogens (tertiary/aromatic N) is 4.